The van der Waals surface area contributed by atoms with Gasteiger partial charge in [0.15, 0.2) is 0 Å². The molecule has 0 fully saturated rings. The highest BCUT2D eigenvalue weighted by Crippen LogP contribution is 2.20. The summed E-state index contributed by atoms with van der Waals surface area (Å²) in [5.41, 5.74) is 1.69. The summed E-state index contributed by atoms with van der Waals surface area (Å²) in [6.07, 6.45) is 1.60. The van der Waals surface area contributed by atoms with E-state index in [9.17, 15) is 5.11 Å². The number of aliphatic imine (C=N–C) groups is 1. The first-order valence-electron chi connectivity index (χ1n) is 6.03. The van der Waals surface area contributed by atoms with Crippen LogP contribution < -0.4 is 0 Å². The van der Waals surface area contributed by atoms with Crippen LogP contribution in [-0.2, 0) is 0 Å². The van der Waals surface area contributed by atoms with Crippen molar-refractivity contribution in [3.63, 3.8) is 0 Å². The quantitative estimate of drug-likeness (QED) is 0.738. The first kappa shape index (κ1) is 12.1. The fraction of sp³-hybridized carbons (Fsp3) is 0. The highest BCUT2D eigenvalue weighted by atomic mass is 16.4. The van der Waals surface area contributed by atoms with Gasteiger partial charge in [0.2, 0.25) is 5.89 Å². The number of aromatic nitrogens is 2. The lowest BCUT2D eigenvalue weighted by Gasteiger charge is -1.92. The SMILES string of the molecule is Oc1ccc(C=Nc2nnc(-c3ccccc3)o2)cc1. The van der Waals surface area contributed by atoms with Gasteiger partial charge in [-0.15, -0.1) is 5.10 Å². The van der Waals surface area contributed by atoms with Crippen molar-refractivity contribution in [3.05, 3.63) is 60.2 Å². The molecule has 0 unspecified atom stereocenters. The predicted octanol–water partition coefficient (Wildman–Crippen LogP) is 3.19. The number of phenols is 1. The molecule has 1 N–H and O–H groups in total. The van der Waals surface area contributed by atoms with Gasteiger partial charge in [0.25, 0.3) is 0 Å². The van der Waals surface area contributed by atoms with Gasteiger partial charge in [0.05, 0.1) is 0 Å². The Kier molecular flexibility index (Phi) is 3.24. The van der Waals surface area contributed by atoms with E-state index in [0.29, 0.717) is 5.89 Å². The van der Waals surface area contributed by atoms with E-state index in [4.69, 9.17) is 4.42 Å². The van der Waals surface area contributed by atoms with Gasteiger partial charge in [-0.25, -0.2) is 4.99 Å². The van der Waals surface area contributed by atoms with Crippen LogP contribution in [0.25, 0.3) is 11.5 Å². The number of aromatic hydroxyl groups is 1. The van der Waals surface area contributed by atoms with Crippen molar-refractivity contribution in [2.75, 3.05) is 0 Å². The summed E-state index contributed by atoms with van der Waals surface area (Å²) >= 11 is 0. The molecule has 20 heavy (non-hydrogen) atoms. The van der Waals surface area contributed by atoms with Gasteiger partial charge in [-0.05, 0) is 42.0 Å². The smallest absolute Gasteiger partial charge is 0.342 e. The Morgan fingerprint density at radius 3 is 2.45 bits per heavy atom. The molecule has 3 aromatic rings. The summed E-state index contributed by atoms with van der Waals surface area (Å²) in [5, 5.41) is 17.0. The lowest BCUT2D eigenvalue weighted by atomic mass is 10.2. The zero-order chi connectivity index (χ0) is 13.8. The van der Waals surface area contributed by atoms with Crippen LogP contribution in [0, 0.1) is 0 Å². The number of hydrogen-bond acceptors (Lipinski definition) is 5. The van der Waals surface area contributed by atoms with Crippen LogP contribution in [0.4, 0.5) is 6.01 Å². The first-order valence-corrected chi connectivity index (χ1v) is 6.03. The molecule has 0 saturated carbocycles. The first-order chi connectivity index (χ1) is 9.81. The highest BCUT2D eigenvalue weighted by molar-refractivity contribution is 5.81. The van der Waals surface area contributed by atoms with Gasteiger partial charge in [-0.1, -0.05) is 23.3 Å². The molecular weight excluding hydrogens is 254 g/mol. The van der Waals surface area contributed by atoms with Crippen LogP contribution in [0.5, 0.6) is 5.75 Å². The van der Waals surface area contributed by atoms with Crippen molar-refractivity contribution in [3.8, 4) is 17.2 Å². The number of hydrogen-bond donors (Lipinski definition) is 1. The monoisotopic (exact) mass is 265 g/mol. The molecule has 1 aromatic heterocycles. The molecule has 0 aliphatic rings. The molecule has 0 saturated heterocycles. The minimum Gasteiger partial charge on any atom is -0.508 e. The normalized spacial score (nSPS) is 11.0. The zero-order valence-corrected chi connectivity index (χ0v) is 10.5. The van der Waals surface area contributed by atoms with Gasteiger partial charge >= 0.3 is 6.01 Å². The van der Waals surface area contributed by atoms with Crippen LogP contribution in [0.2, 0.25) is 0 Å². The lowest BCUT2D eigenvalue weighted by Crippen LogP contribution is -1.78. The molecule has 98 valence electrons. The molecule has 1 heterocycles. The predicted molar refractivity (Wildman–Crippen MR) is 75.1 cm³/mol. The average molecular weight is 265 g/mol. The minimum atomic E-state index is 0.192. The molecule has 0 aliphatic carbocycles. The molecule has 0 bridgehead atoms. The average Bonchev–Trinajstić information content (AvgIpc) is 2.97. The summed E-state index contributed by atoms with van der Waals surface area (Å²) < 4.78 is 5.45. The Morgan fingerprint density at radius 1 is 0.950 bits per heavy atom. The molecule has 0 spiro atoms. The Balaban J connectivity index is 1.79. The van der Waals surface area contributed by atoms with Gasteiger partial charge in [0, 0.05) is 11.8 Å². The van der Waals surface area contributed by atoms with E-state index >= 15 is 0 Å². The Hall–Kier alpha value is -2.95. The van der Waals surface area contributed by atoms with Gasteiger partial charge < -0.3 is 9.52 Å². The Labute approximate surface area is 115 Å². The fourth-order valence-electron chi connectivity index (χ4n) is 1.66. The summed E-state index contributed by atoms with van der Waals surface area (Å²) in [7, 11) is 0. The third-order valence-corrected chi connectivity index (χ3v) is 2.65. The Bertz CT molecular complexity index is 718. The minimum absolute atomic E-state index is 0.192. The van der Waals surface area contributed by atoms with Crippen molar-refractivity contribution in [1.29, 1.82) is 0 Å². The maximum Gasteiger partial charge on any atom is 0.342 e. The van der Waals surface area contributed by atoms with Crippen molar-refractivity contribution >= 4 is 12.2 Å². The van der Waals surface area contributed by atoms with E-state index in [1.165, 1.54) is 0 Å². The number of rotatable bonds is 3. The molecule has 0 amide bonds. The summed E-state index contributed by atoms with van der Waals surface area (Å²) in [4.78, 5) is 4.11. The third-order valence-electron chi connectivity index (χ3n) is 2.65. The largest absolute Gasteiger partial charge is 0.508 e. The lowest BCUT2D eigenvalue weighted by molar-refractivity contribution is 0.475. The highest BCUT2D eigenvalue weighted by Gasteiger charge is 2.06. The molecule has 2 aromatic carbocycles. The molecule has 0 radical (unpaired) electrons. The van der Waals surface area contributed by atoms with E-state index < -0.39 is 0 Å². The molecule has 5 heteroatoms. The second kappa shape index (κ2) is 5.36. The van der Waals surface area contributed by atoms with E-state index in [0.717, 1.165) is 11.1 Å². The van der Waals surface area contributed by atoms with Gasteiger partial charge in [-0.3, -0.25) is 0 Å². The maximum atomic E-state index is 9.19. The summed E-state index contributed by atoms with van der Waals surface area (Å²) in [5.74, 6) is 0.648. The zero-order valence-electron chi connectivity index (χ0n) is 10.5. The number of benzene rings is 2. The van der Waals surface area contributed by atoms with Crippen molar-refractivity contribution in [2.45, 2.75) is 0 Å². The number of phenolic OH excluding ortho intramolecular Hbond substituents is 1. The van der Waals surface area contributed by atoms with Crippen molar-refractivity contribution in [1.82, 2.24) is 10.2 Å². The maximum absolute atomic E-state index is 9.19. The topological polar surface area (TPSA) is 71.5 Å². The Morgan fingerprint density at radius 2 is 1.70 bits per heavy atom. The fourth-order valence-corrected chi connectivity index (χ4v) is 1.66. The molecule has 5 nitrogen and oxygen atoms in total. The summed E-state index contributed by atoms with van der Waals surface area (Å²) in [6, 6.07) is 16.4. The van der Waals surface area contributed by atoms with Gasteiger partial charge in [-0.2, -0.15) is 0 Å². The molecule has 0 aliphatic heterocycles. The molecule has 0 atom stereocenters. The van der Waals surface area contributed by atoms with Crippen LogP contribution >= 0.6 is 0 Å². The van der Waals surface area contributed by atoms with Crippen LogP contribution in [0.3, 0.4) is 0 Å². The summed E-state index contributed by atoms with van der Waals surface area (Å²) in [6.45, 7) is 0. The van der Waals surface area contributed by atoms with E-state index in [1.807, 2.05) is 30.3 Å². The van der Waals surface area contributed by atoms with E-state index in [2.05, 4.69) is 15.2 Å². The van der Waals surface area contributed by atoms with Crippen LogP contribution in [0.1, 0.15) is 5.56 Å². The number of nitrogens with zero attached hydrogens (tertiary/aromatic N) is 3. The van der Waals surface area contributed by atoms with E-state index in [1.54, 1.807) is 30.5 Å². The van der Waals surface area contributed by atoms with Gasteiger partial charge in [0.1, 0.15) is 5.75 Å². The van der Waals surface area contributed by atoms with Crippen molar-refractivity contribution in [2.24, 2.45) is 4.99 Å². The van der Waals surface area contributed by atoms with Crippen LogP contribution in [0.15, 0.2) is 64.0 Å². The van der Waals surface area contributed by atoms with E-state index in [-0.39, 0.29) is 11.8 Å². The standard InChI is InChI=1S/C15H11N3O2/c19-13-8-6-11(7-9-13)10-16-15-18-17-14(20-15)12-4-2-1-3-5-12/h1-10,19H. The molecule has 3 rings (SSSR count). The second-order valence-electron chi connectivity index (χ2n) is 4.11. The molecular formula is C15H11N3O2. The van der Waals surface area contributed by atoms with Crippen molar-refractivity contribution < 1.29 is 9.52 Å². The second-order valence-corrected chi connectivity index (χ2v) is 4.11. The van der Waals surface area contributed by atoms with Crippen LogP contribution in [-0.4, -0.2) is 21.5 Å². The third kappa shape index (κ3) is 2.72.